The molecular weight excluding hydrogens is 548 g/mol. The molecule has 0 bridgehead atoms. The monoisotopic (exact) mass is 590 g/mol. The lowest BCUT2D eigenvalue weighted by molar-refractivity contribution is -0.142. The van der Waals surface area contributed by atoms with Crippen LogP contribution in [-0.2, 0) is 31.4 Å². The van der Waals surface area contributed by atoms with Crippen molar-refractivity contribution in [2.45, 2.75) is 64.0 Å². The van der Waals surface area contributed by atoms with Gasteiger partial charge in [0.2, 0.25) is 5.91 Å². The van der Waals surface area contributed by atoms with Gasteiger partial charge in [0.05, 0.1) is 23.0 Å². The summed E-state index contributed by atoms with van der Waals surface area (Å²) in [7, 11) is -1.59. The van der Waals surface area contributed by atoms with Crippen LogP contribution in [-0.4, -0.2) is 56.5 Å². The van der Waals surface area contributed by atoms with Gasteiger partial charge in [-0.05, 0) is 58.9 Å². The van der Waals surface area contributed by atoms with Crippen LogP contribution in [0.25, 0.3) is 11.1 Å². The summed E-state index contributed by atoms with van der Waals surface area (Å²) in [5.74, 6) is 0.0979. The Bertz CT molecular complexity index is 1590. The standard InChI is InChI=1S/C34H42N2O5S/c1-23(2)31-34(22-38,17-18-36(31)32(39)33(3,4)5)28-13-8-9-14-29(28)35(6)27-12-10-11-24(19-27)25-15-16-26(21-37)30(20-25)42(7,40)41/h8-16,19-20,22-23,31,37H,17-18,21H2,1-7H3/t31?,34-/m0/s1. The summed E-state index contributed by atoms with van der Waals surface area (Å²) in [5, 5.41) is 9.66. The van der Waals surface area contributed by atoms with Crippen molar-refractivity contribution in [2.75, 3.05) is 24.7 Å². The van der Waals surface area contributed by atoms with E-state index in [1.807, 2.05) is 86.1 Å². The summed E-state index contributed by atoms with van der Waals surface area (Å²) >= 11 is 0. The van der Waals surface area contributed by atoms with E-state index in [-0.39, 0.29) is 29.4 Å². The molecule has 1 heterocycles. The summed E-state index contributed by atoms with van der Waals surface area (Å²) < 4.78 is 24.8. The molecule has 1 N–H and O–H groups in total. The first-order chi connectivity index (χ1) is 19.7. The van der Waals surface area contributed by atoms with E-state index >= 15 is 0 Å². The molecule has 1 saturated heterocycles. The van der Waals surface area contributed by atoms with E-state index in [2.05, 4.69) is 13.8 Å². The highest BCUT2D eigenvalue weighted by Gasteiger charge is 2.53. The number of sulfone groups is 1. The van der Waals surface area contributed by atoms with Crippen LogP contribution in [0.4, 0.5) is 11.4 Å². The Morgan fingerprint density at radius 1 is 1.07 bits per heavy atom. The molecule has 0 saturated carbocycles. The van der Waals surface area contributed by atoms with Crippen molar-refractivity contribution in [2.24, 2.45) is 11.3 Å². The molecule has 1 unspecified atom stereocenters. The molecule has 0 aromatic heterocycles. The van der Waals surface area contributed by atoms with Crippen molar-refractivity contribution in [3.63, 3.8) is 0 Å². The molecule has 1 amide bonds. The number of aliphatic hydroxyl groups is 1. The molecule has 7 nitrogen and oxygen atoms in total. The molecule has 0 aliphatic carbocycles. The minimum atomic E-state index is -3.53. The fraction of sp³-hybridized carbons (Fsp3) is 0.412. The van der Waals surface area contributed by atoms with Crippen molar-refractivity contribution in [1.82, 2.24) is 4.90 Å². The van der Waals surface area contributed by atoms with Crippen LogP contribution in [0, 0.1) is 11.3 Å². The van der Waals surface area contributed by atoms with Gasteiger partial charge in [-0.2, -0.15) is 0 Å². The summed E-state index contributed by atoms with van der Waals surface area (Å²) in [4.78, 5) is 30.7. The normalized spacial score (nSPS) is 19.3. The fourth-order valence-corrected chi connectivity index (χ4v) is 7.32. The van der Waals surface area contributed by atoms with Crippen molar-refractivity contribution in [1.29, 1.82) is 0 Å². The average Bonchev–Trinajstić information content (AvgIpc) is 3.36. The Morgan fingerprint density at radius 3 is 2.33 bits per heavy atom. The van der Waals surface area contributed by atoms with Gasteiger partial charge in [0.1, 0.15) is 6.29 Å². The van der Waals surface area contributed by atoms with Gasteiger partial charge < -0.3 is 19.7 Å². The van der Waals surface area contributed by atoms with Crippen molar-refractivity contribution in [3.05, 3.63) is 77.9 Å². The number of para-hydroxylation sites is 1. The Balaban J connectivity index is 1.80. The quantitative estimate of drug-likeness (QED) is 0.336. The number of benzene rings is 3. The van der Waals surface area contributed by atoms with Gasteiger partial charge >= 0.3 is 0 Å². The second-order valence-electron chi connectivity index (χ2n) is 12.7. The van der Waals surface area contributed by atoms with E-state index in [1.54, 1.807) is 18.2 Å². The second kappa shape index (κ2) is 11.7. The number of anilines is 2. The zero-order chi connectivity index (χ0) is 31.0. The summed E-state index contributed by atoms with van der Waals surface area (Å²) in [5.41, 5.74) is 3.06. The van der Waals surface area contributed by atoms with Crippen LogP contribution < -0.4 is 4.90 Å². The predicted octanol–water partition coefficient (Wildman–Crippen LogP) is 5.76. The molecule has 224 valence electrons. The molecule has 1 aliphatic heterocycles. The number of aliphatic hydroxyl groups excluding tert-OH is 1. The average molecular weight is 591 g/mol. The van der Waals surface area contributed by atoms with Crippen LogP contribution in [0.2, 0.25) is 0 Å². The maximum atomic E-state index is 13.5. The Morgan fingerprint density at radius 2 is 1.74 bits per heavy atom. The Hall–Kier alpha value is -3.49. The molecule has 1 aliphatic rings. The third kappa shape index (κ3) is 5.75. The first kappa shape index (κ1) is 31.4. The first-order valence-corrected chi connectivity index (χ1v) is 16.2. The number of carbonyl (C=O) groups excluding carboxylic acids is 2. The lowest BCUT2D eigenvalue weighted by atomic mass is 9.70. The second-order valence-corrected chi connectivity index (χ2v) is 14.7. The van der Waals surface area contributed by atoms with Crippen molar-refractivity contribution >= 4 is 33.4 Å². The van der Waals surface area contributed by atoms with Crippen molar-refractivity contribution < 1.29 is 23.1 Å². The van der Waals surface area contributed by atoms with Gasteiger partial charge in [0.15, 0.2) is 9.84 Å². The van der Waals surface area contributed by atoms with E-state index in [0.717, 1.165) is 35.0 Å². The molecule has 4 rings (SSSR count). The number of aldehydes is 1. The maximum absolute atomic E-state index is 13.5. The Labute approximate surface area is 250 Å². The third-order valence-electron chi connectivity index (χ3n) is 8.34. The van der Waals surface area contributed by atoms with Crippen molar-refractivity contribution in [3.8, 4) is 11.1 Å². The molecule has 2 atom stereocenters. The summed E-state index contributed by atoms with van der Waals surface area (Å²) in [6.07, 6.45) is 2.72. The fourth-order valence-electron chi connectivity index (χ4n) is 6.37. The molecule has 1 fully saturated rings. The van der Waals surface area contributed by atoms with Crippen LogP contribution in [0.5, 0.6) is 0 Å². The number of carbonyl (C=O) groups is 2. The van der Waals surface area contributed by atoms with E-state index < -0.39 is 20.7 Å². The van der Waals surface area contributed by atoms with Gasteiger partial charge in [0.25, 0.3) is 0 Å². The summed E-state index contributed by atoms with van der Waals surface area (Å²) in [6, 6.07) is 20.4. The number of hydrogen-bond donors (Lipinski definition) is 1. The van der Waals surface area contributed by atoms with E-state index in [0.29, 0.717) is 24.1 Å². The van der Waals surface area contributed by atoms with Crippen LogP contribution >= 0.6 is 0 Å². The smallest absolute Gasteiger partial charge is 0.228 e. The van der Waals surface area contributed by atoms with Gasteiger partial charge in [-0.25, -0.2) is 8.42 Å². The van der Waals surface area contributed by atoms with Crippen LogP contribution in [0.15, 0.2) is 71.6 Å². The highest BCUT2D eigenvalue weighted by molar-refractivity contribution is 7.90. The van der Waals surface area contributed by atoms with E-state index in [9.17, 15) is 23.1 Å². The largest absolute Gasteiger partial charge is 0.392 e. The number of likely N-dealkylation sites (tertiary alicyclic amines) is 1. The number of hydrogen-bond acceptors (Lipinski definition) is 6. The molecule has 42 heavy (non-hydrogen) atoms. The number of rotatable bonds is 8. The third-order valence-corrected chi connectivity index (χ3v) is 9.52. The highest BCUT2D eigenvalue weighted by atomic mass is 32.2. The van der Waals surface area contributed by atoms with Gasteiger partial charge in [-0.3, -0.25) is 4.79 Å². The molecule has 3 aromatic rings. The SMILES string of the molecule is CC(C)C1N(C(=O)C(C)(C)C)CC[C@]1(C=O)c1ccccc1N(C)c1cccc(-c2ccc(CO)c(S(C)(=O)=O)c2)c1. The van der Waals surface area contributed by atoms with Gasteiger partial charge in [-0.1, -0.05) is 77.1 Å². The van der Waals surface area contributed by atoms with Crippen LogP contribution in [0.1, 0.15) is 52.2 Å². The molecule has 0 radical (unpaired) electrons. The minimum Gasteiger partial charge on any atom is -0.392 e. The number of amides is 1. The van der Waals surface area contributed by atoms with Crippen LogP contribution in [0.3, 0.4) is 0 Å². The maximum Gasteiger partial charge on any atom is 0.228 e. The van der Waals surface area contributed by atoms with Gasteiger partial charge in [-0.15, -0.1) is 0 Å². The van der Waals surface area contributed by atoms with E-state index in [1.165, 1.54) is 0 Å². The first-order valence-electron chi connectivity index (χ1n) is 14.3. The van der Waals surface area contributed by atoms with Gasteiger partial charge in [0, 0.05) is 36.6 Å². The zero-order valence-corrected chi connectivity index (χ0v) is 26.4. The lowest BCUT2D eigenvalue weighted by Gasteiger charge is -2.41. The van der Waals surface area contributed by atoms with E-state index in [4.69, 9.17) is 0 Å². The predicted molar refractivity (Wildman–Crippen MR) is 168 cm³/mol. The lowest BCUT2D eigenvalue weighted by Crippen LogP contribution is -2.52. The number of nitrogens with zero attached hydrogens (tertiary/aromatic N) is 2. The molecule has 3 aromatic carbocycles. The minimum absolute atomic E-state index is 0.0455. The Kier molecular flexibility index (Phi) is 8.72. The highest BCUT2D eigenvalue weighted by Crippen LogP contribution is 2.47. The molecule has 8 heteroatoms. The zero-order valence-electron chi connectivity index (χ0n) is 25.6. The summed E-state index contributed by atoms with van der Waals surface area (Å²) in [6.45, 7) is 10.0. The molecule has 0 spiro atoms. The topological polar surface area (TPSA) is 95.0 Å². The molecular formula is C34H42N2O5S.